The van der Waals surface area contributed by atoms with Crippen LogP contribution < -0.4 is 14.8 Å². The number of aromatic nitrogens is 3. The Bertz CT molecular complexity index is 5660. The number of aryl methyl sites for hydroxylation is 4. The highest BCUT2D eigenvalue weighted by molar-refractivity contribution is 7.98. The summed E-state index contributed by atoms with van der Waals surface area (Å²) in [4.78, 5) is 142. The Kier molecular flexibility index (Phi) is 52.4. The zero-order valence-electron chi connectivity index (χ0n) is 90.9. The number of benzene rings is 6. The fourth-order valence-corrected chi connectivity index (χ4v) is 18.3. The molecule has 4 unspecified atom stereocenters. The van der Waals surface area contributed by atoms with Crippen molar-refractivity contribution < 1.29 is 114 Å². The number of morpholine rings is 1. The van der Waals surface area contributed by atoms with Gasteiger partial charge in [-0.15, -0.1) is 11.8 Å². The molecule has 8 aromatic rings. The molecule has 3 saturated carbocycles. The number of Topliss-reactive ketones (excluding diaryl/α,β-unsaturated/α-hetero) is 1. The van der Waals surface area contributed by atoms with Gasteiger partial charge in [0.25, 0.3) is 0 Å². The quantitative estimate of drug-likeness (QED) is 0.00435. The molecule has 6 aromatic carbocycles. The van der Waals surface area contributed by atoms with Crippen LogP contribution in [-0.4, -0.2) is 269 Å². The van der Waals surface area contributed by atoms with Crippen molar-refractivity contribution in [2.24, 2.45) is 28.8 Å². The molecule has 4 atom stereocenters. The summed E-state index contributed by atoms with van der Waals surface area (Å²) in [6.45, 7) is 54.5. The molecule has 0 spiro atoms. The van der Waals surface area contributed by atoms with Crippen LogP contribution >= 0.6 is 11.8 Å². The molecule has 2 aromatic heterocycles. The van der Waals surface area contributed by atoms with Gasteiger partial charge in [0, 0.05) is 138 Å². The lowest BCUT2D eigenvalue weighted by Gasteiger charge is -2.39. The van der Waals surface area contributed by atoms with Gasteiger partial charge < -0.3 is 71.6 Å². The second-order valence-electron chi connectivity index (χ2n) is 36.5. The van der Waals surface area contributed by atoms with E-state index in [2.05, 4.69) is 88.2 Å². The number of oxime groups is 1. The van der Waals surface area contributed by atoms with E-state index in [1.807, 2.05) is 181 Å². The second-order valence-corrected chi connectivity index (χ2v) is 37.3. The van der Waals surface area contributed by atoms with Crippen molar-refractivity contribution in [2.75, 3.05) is 141 Å². The summed E-state index contributed by atoms with van der Waals surface area (Å²) >= 11 is 1.69. The fraction of sp³-hybridized carbons (Fsp3) is 0.465. The van der Waals surface area contributed by atoms with Crippen molar-refractivity contribution in [3.63, 3.8) is 0 Å². The zero-order chi connectivity index (χ0) is 110. The number of urea groups is 2. The van der Waals surface area contributed by atoms with Crippen molar-refractivity contribution in [2.45, 2.75) is 191 Å². The van der Waals surface area contributed by atoms with E-state index in [0.717, 1.165) is 92.8 Å². The smallest absolute Gasteiger partial charge is 0.342 e. The first kappa shape index (κ1) is 124. The molecule has 3 saturated heterocycles. The summed E-state index contributed by atoms with van der Waals surface area (Å²) in [6, 6.07) is 44.1. The fourth-order valence-electron chi connectivity index (χ4n) is 17.9. The maximum atomic E-state index is 13.2. The number of carbonyl (C=O) groups is 11. The predicted octanol–water partition coefficient (Wildman–Crippen LogP) is 19.4. The number of carbonyl (C=O) groups excluding carboxylic acids is 11. The third kappa shape index (κ3) is 35.9. The van der Waals surface area contributed by atoms with Gasteiger partial charge in [0.15, 0.2) is 23.9 Å². The van der Waals surface area contributed by atoms with Crippen LogP contribution in [0.2, 0.25) is 0 Å². The van der Waals surface area contributed by atoms with Crippen LogP contribution in [0.1, 0.15) is 195 Å². The molecule has 1 N–H and O–H groups in total. The molecule has 3 aliphatic heterocycles. The van der Waals surface area contributed by atoms with Crippen molar-refractivity contribution in [1.29, 1.82) is 0 Å². The third-order valence-corrected chi connectivity index (χ3v) is 26.1. The Labute approximate surface area is 882 Å². The van der Waals surface area contributed by atoms with Crippen molar-refractivity contribution in [1.82, 2.24) is 44.2 Å². The maximum absolute atomic E-state index is 13.2. The summed E-state index contributed by atoms with van der Waals surface area (Å²) in [7, 11) is 5.97. The molecule has 0 radical (unpaired) electrons. The van der Waals surface area contributed by atoms with E-state index in [1.54, 1.807) is 105 Å². The monoisotopic (exact) mass is 2080 g/mol. The number of nitrogens with one attached hydrogen (secondary N) is 1. The minimum atomic E-state index is -0.523. The summed E-state index contributed by atoms with van der Waals surface area (Å²) in [5.74, 6) is 3.93. The highest BCUT2D eigenvalue weighted by Crippen LogP contribution is 2.58. The lowest BCUT2D eigenvalue weighted by molar-refractivity contribution is -0.141. The summed E-state index contributed by atoms with van der Waals surface area (Å²) in [5, 5.41) is 12.6. The summed E-state index contributed by atoms with van der Waals surface area (Å²) in [5.41, 5.74) is 10.9. The SMILES string of the molecule is C1CC2C3CCC(C3)C2C1.C=C(C)C(=O)OCCNC(=O)n1nc(C)cc1C.C=C(C)C(=O)OCCOc1ccc(C(C)(C)c2ccc(OCCOC(=O)C(=C)C)cc2)cc1.C=CC(=O)OCC.C=CC(=O)OCC.CC.CCn1c2ccc(C(=O)c3ccccc3C)cc2c2cc(/C(C)=N/OC(C)=O)ccc21.COCN1C(=O)N(COC)C2C1N(COC)C(=O)N2COC.CSc1ccc(C(=O)C(C)(C)N2CCOCC2)cc1. The van der Waals surface area contributed by atoms with Gasteiger partial charge >= 0.3 is 53.9 Å². The molecule has 5 amide bonds. The van der Waals surface area contributed by atoms with Crippen molar-refractivity contribution in [3.05, 3.63) is 252 Å². The number of hydrogen-bond acceptors (Lipinski definition) is 28. The Hall–Kier alpha value is -13.4. The van der Waals surface area contributed by atoms with Crippen LogP contribution in [0.5, 0.6) is 11.5 Å². The van der Waals surface area contributed by atoms with Gasteiger partial charge in [0.05, 0.1) is 49.9 Å². The first-order valence-electron chi connectivity index (χ1n) is 50.0. The van der Waals surface area contributed by atoms with Gasteiger partial charge in [-0.2, -0.15) is 9.78 Å². The summed E-state index contributed by atoms with van der Waals surface area (Å²) < 4.78 is 64.3. The molecule has 149 heavy (non-hydrogen) atoms. The first-order valence-corrected chi connectivity index (χ1v) is 51.2. The number of methoxy groups -OCH3 is 4. The zero-order valence-corrected chi connectivity index (χ0v) is 91.7. The van der Waals surface area contributed by atoms with Crippen LogP contribution in [0.3, 0.4) is 0 Å². The Morgan fingerprint density at radius 1 is 0.537 bits per heavy atom. The van der Waals surface area contributed by atoms with Crippen LogP contribution in [-0.2, 0) is 92.9 Å². The topological polar surface area (TPSA) is 371 Å². The number of thioether (sulfide) groups is 1. The highest BCUT2D eigenvalue weighted by atomic mass is 32.2. The highest BCUT2D eigenvalue weighted by Gasteiger charge is 2.59. The van der Waals surface area contributed by atoms with Gasteiger partial charge in [-0.1, -0.05) is 139 Å². The van der Waals surface area contributed by atoms with Gasteiger partial charge in [0.1, 0.15) is 71.5 Å². The first-order chi connectivity index (χ1) is 71.2. The number of ether oxygens (including phenoxy) is 12. The lowest BCUT2D eigenvalue weighted by Crippen LogP contribution is -2.54. The van der Waals surface area contributed by atoms with Crippen LogP contribution in [0.25, 0.3) is 21.8 Å². The van der Waals surface area contributed by atoms with Gasteiger partial charge in [-0.05, 0) is 240 Å². The van der Waals surface area contributed by atoms with Gasteiger partial charge in [-0.3, -0.25) is 34.1 Å². The Morgan fingerprint density at radius 2 is 0.966 bits per heavy atom. The second kappa shape index (κ2) is 62.8. The minimum Gasteiger partial charge on any atom is -0.490 e. The van der Waals surface area contributed by atoms with E-state index in [0.29, 0.717) is 71.5 Å². The van der Waals surface area contributed by atoms with Crippen molar-refractivity contribution >= 4 is 105 Å². The number of esters is 5. The molecular weight excluding hydrogens is 1930 g/mol. The molecule has 6 fully saturated rings. The Morgan fingerprint density at radius 3 is 1.36 bits per heavy atom. The molecule has 34 nitrogen and oxygen atoms in total. The number of amides is 5. The number of rotatable bonds is 37. The van der Waals surface area contributed by atoms with E-state index in [4.69, 9.17) is 52.2 Å². The molecule has 35 heteroatoms. The van der Waals surface area contributed by atoms with Crippen molar-refractivity contribution in [3.8, 4) is 11.5 Å². The largest absolute Gasteiger partial charge is 0.490 e. The number of fused-ring (bicyclic) bond motifs is 9. The van der Waals surface area contributed by atoms with E-state index in [-0.39, 0.29) is 114 Å². The number of hydrogen-bond donors (Lipinski definition) is 1. The third-order valence-electron chi connectivity index (χ3n) is 25.3. The van der Waals surface area contributed by atoms with Crippen LogP contribution in [0.4, 0.5) is 14.4 Å². The van der Waals surface area contributed by atoms with E-state index < -0.39 is 41.7 Å². The average molecular weight is 2080 g/mol. The molecule has 5 heterocycles. The molecule has 14 rings (SSSR count). The van der Waals surface area contributed by atoms with Crippen LogP contribution in [0.15, 0.2) is 211 Å². The molecule has 810 valence electrons. The van der Waals surface area contributed by atoms with E-state index in [9.17, 15) is 52.7 Å². The predicted molar refractivity (Wildman–Crippen MR) is 576 cm³/mol. The molecule has 2 bridgehead atoms. The average Bonchev–Trinajstić information content (AvgIpc) is 1.57. The molecular formula is C114H154N10O24S. The molecule has 3 aliphatic carbocycles. The Balaban J connectivity index is 0.000000271. The standard InChI is InChI=1S/C27H32O6.C26H24N2O3.C15H21NO2S.C12H22N4O6.C12H17N3O3.C10H16.2C5H8O2.C2H6/c1-19(2)25(28)32-17-15-30-23-11-7-21(8-12-23)27(5,6)22-9-13-24(14-10-22)31-16-18-33-26(29)20(3)4;1-5-28-24-12-10-19(17(3)27-31-18(4)29)14-22(24)23-15-20(11-13-25(23)28)26(30)21-9-7-6-8-16(21)2;1-15(2,16-8-10-18-11-9-16)14(17)12-4-6-13(19-3)7-5-12;1-19-5-13-9-10(15(7-21-3)11(13)17)16(8-22-4)12(18)14(9)6-20-2;1-8(2)11(16)18-6-5-13-12(17)15-10(4)7-9(3)14-15;1-2-9-7-4-5-8(6-7)10(9)3-1;2*1-3-5(6)7-4-2;1-2/h7-14H,1,3,15-18H2,2,4-6H3;6-15H,5H2,1-4H3;4-7H,8-11H2,1-3H3;9-10H,5-8H2,1-4H3;7H,1,5-6H2,2-4H3,(H,13,17);7-10H,1-6H2;2*3H,1,4H2,2H3;1-2H3/b;27-17+;;;;;;;. The van der Waals surface area contributed by atoms with Crippen LogP contribution in [0, 0.1) is 44.4 Å². The van der Waals surface area contributed by atoms with E-state index >= 15 is 0 Å². The van der Waals surface area contributed by atoms with E-state index in [1.165, 1.54) is 88.2 Å². The van der Waals surface area contributed by atoms with Gasteiger partial charge in [0.2, 0.25) is 0 Å². The minimum absolute atomic E-state index is 0.0150. The normalized spacial score (nSPS) is 16.5. The summed E-state index contributed by atoms with van der Waals surface area (Å²) in [6.07, 6.45) is 12.8. The van der Waals surface area contributed by atoms with Gasteiger partial charge in [-0.25, -0.2) is 43.2 Å². The number of ketones is 2. The molecule has 6 aliphatic rings. The lowest BCUT2D eigenvalue weighted by atomic mass is 9.78. The maximum Gasteiger partial charge on any atom is 0.342 e. The number of nitrogens with zero attached hydrogens (tertiary/aromatic N) is 9.